The molecular weight excluding hydrogens is 202 g/mol. The highest BCUT2D eigenvalue weighted by atomic mass is 15.3. The molecule has 2 N–H and O–H groups in total. The van der Waals surface area contributed by atoms with Crippen LogP contribution in [0.5, 0.6) is 0 Å². The molecule has 0 saturated heterocycles. The molecule has 5 nitrogen and oxygen atoms in total. The van der Waals surface area contributed by atoms with Crippen LogP contribution in [0.1, 0.15) is 6.92 Å². The van der Waals surface area contributed by atoms with Crippen molar-refractivity contribution < 1.29 is 0 Å². The van der Waals surface area contributed by atoms with E-state index in [1.807, 2.05) is 44.2 Å². The van der Waals surface area contributed by atoms with Crippen LogP contribution < -0.4 is 10.6 Å². The number of pyridine rings is 1. The maximum atomic E-state index is 5.77. The van der Waals surface area contributed by atoms with Crippen LogP contribution in [-0.4, -0.2) is 34.4 Å². The molecular formula is C11H17N5. The van der Waals surface area contributed by atoms with Gasteiger partial charge in [-0.3, -0.25) is 4.68 Å². The summed E-state index contributed by atoms with van der Waals surface area (Å²) in [6, 6.07) is 2.17. The minimum Gasteiger partial charge on any atom is -0.358 e. The van der Waals surface area contributed by atoms with Gasteiger partial charge in [-0.05, 0) is 6.92 Å². The summed E-state index contributed by atoms with van der Waals surface area (Å²) in [5, 5.41) is 5.25. The van der Waals surface area contributed by atoms with Gasteiger partial charge in [0.15, 0.2) is 0 Å². The van der Waals surface area contributed by atoms with E-state index in [2.05, 4.69) is 15.0 Å². The summed E-state index contributed by atoms with van der Waals surface area (Å²) in [5.41, 5.74) is 6.85. The third kappa shape index (κ3) is 1.99. The van der Waals surface area contributed by atoms with Gasteiger partial charge in [-0.1, -0.05) is 0 Å². The second-order valence-corrected chi connectivity index (χ2v) is 4.23. The van der Waals surface area contributed by atoms with Crippen LogP contribution in [0.15, 0.2) is 18.5 Å². The zero-order valence-electron chi connectivity index (χ0n) is 9.88. The van der Waals surface area contributed by atoms with Gasteiger partial charge in [0.05, 0.1) is 11.7 Å². The van der Waals surface area contributed by atoms with Gasteiger partial charge in [-0.2, -0.15) is 5.10 Å². The number of rotatable bonds is 3. The first-order chi connectivity index (χ1) is 7.58. The largest absolute Gasteiger partial charge is 0.358 e. The zero-order chi connectivity index (χ0) is 11.7. The monoisotopic (exact) mass is 219 g/mol. The molecule has 0 bridgehead atoms. The van der Waals surface area contributed by atoms with E-state index in [0.29, 0.717) is 0 Å². The average Bonchev–Trinajstić information content (AvgIpc) is 2.59. The second-order valence-electron chi connectivity index (χ2n) is 4.23. The molecule has 1 unspecified atom stereocenters. The molecule has 1 atom stereocenters. The lowest BCUT2D eigenvalue weighted by molar-refractivity contribution is 0.712. The van der Waals surface area contributed by atoms with E-state index in [9.17, 15) is 0 Å². The molecule has 0 saturated carbocycles. The predicted octanol–water partition coefficient (Wildman–Crippen LogP) is 0.752. The van der Waals surface area contributed by atoms with Crippen molar-refractivity contribution in [3.05, 3.63) is 18.5 Å². The molecule has 16 heavy (non-hydrogen) atoms. The summed E-state index contributed by atoms with van der Waals surface area (Å²) in [6.07, 6.45) is 3.66. The number of anilines is 1. The molecule has 2 aromatic heterocycles. The van der Waals surface area contributed by atoms with Crippen LogP contribution in [-0.2, 0) is 7.05 Å². The SMILES string of the molecule is CC(N)CN(C)c1cc2c(cn1)cnn2C. The Kier molecular flexibility index (Phi) is 2.78. The fraction of sp³-hybridized carbons (Fsp3) is 0.455. The standard InChI is InChI=1S/C11H17N5/c1-8(12)7-15(2)11-4-10-9(5-13-11)6-14-16(10)3/h4-6,8H,7,12H2,1-3H3. The number of nitrogens with two attached hydrogens (primary N) is 1. The number of aromatic nitrogens is 3. The predicted molar refractivity (Wildman–Crippen MR) is 65.4 cm³/mol. The van der Waals surface area contributed by atoms with Crippen molar-refractivity contribution in [2.24, 2.45) is 12.8 Å². The Hall–Kier alpha value is -1.62. The third-order valence-corrected chi connectivity index (χ3v) is 2.57. The lowest BCUT2D eigenvalue weighted by Gasteiger charge is -2.20. The Bertz CT molecular complexity index is 488. The van der Waals surface area contributed by atoms with Gasteiger partial charge in [0.1, 0.15) is 5.82 Å². The third-order valence-electron chi connectivity index (χ3n) is 2.57. The second kappa shape index (κ2) is 4.09. The maximum Gasteiger partial charge on any atom is 0.130 e. The molecule has 2 aromatic rings. The summed E-state index contributed by atoms with van der Waals surface area (Å²) >= 11 is 0. The maximum absolute atomic E-state index is 5.77. The highest BCUT2D eigenvalue weighted by Crippen LogP contribution is 2.17. The molecule has 0 aliphatic heterocycles. The van der Waals surface area contributed by atoms with Crippen LogP contribution in [0.25, 0.3) is 10.9 Å². The van der Waals surface area contributed by atoms with Gasteiger partial charge in [0.25, 0.3) is 0 Å². The van der Waals surface area contributed by atoms with E-state index in [4.69, 9.17) is 5.73 Å². The molecule has 86 valence electrons. The van der Waals surface area contributed by atoms with Gasteiger partial charge in [0, 0.05) is 44.3 Å². The van der Waals surface area contributed by atoms with E-state index >= 15 is 0 Å². The molecule has 5 heteroatoms. The Labute approximate surface area is 94.9 Å². The van der Waals surface area contributed by atoms with Gasteiger partial charge in [-0.25, -0.2) is 4.98 Å². The first-order valence-electron chi connectivity index (χ1n) is 5.32. The Morgan fingerprint density at radius 1 is 1.50 bits per heavy atom. The van der Waals surface area contributed by atoms with E-state index in [-0.39, 0.29) is 6.04 Å². The van der Waals surface area contributed by atoms with Crippen LogP contribution >= 0.6 is 0 Å². The Morgan fingerprint density at radius 3 is 2.94 bits per heavy atom. The minimum absolute atomic E-state index is 0.133. The quantitative estimate of drug-likeness (QED) is 0.827. The lowest BCUT2D eigenvalue weighted by atomic mass is 10.3. The van der Waals surface area contributed by atoms with Gasteiger partial charge in [0.2, 0.25) is 0 Å². The summed E-state index contributed by atoms with van der Waals surface area (Å²) < 4.78 is 1.85. The number of nitrogens with zero attached hydrogens (tertiary/aromatic N) is 4. The van der Waals surface area contributed by atoms with E-state index in [1.165, 1.54) is 0 Å². The number of hydrogen-bond donors (Lipinski definition) is 1. The van der Waals surface area contributed by atoms with Crippen LogP contribution in [0.2, 0.25) is 0 Å². The molecule has 0 aliphatic rings. The fourth-order valence-corrected chi connectivity index (χ4v) is 1.77. The summed E-state index contributed by atoms with van der Waals surface area (Å²) in [4.78, 5) is 6.44. The van der Waals surface area contributed by atoms with Crippen molar-refractivity contribution in [3.8, 4) is 0 Å². The molecule has 2 heterocycles. The zero-order valence-corrected chi connectivity index (χ0v) is 9.88. The van der Waals surface area contributed by atoms with E-state index < -0.39 is 0 Å². The number of likely N-dealkylation sites (N-methyl/N-ethyl adjacent to an activating group) is 1. The summed E-state index contributed by atoms with van der Waals surface area (Å²) in [5.74, 6) is 0.924. The smallest absolute Gasteiger partial charge is 0.130 e. The van der Waals surface area contributed by atoms with Gasteiger partial charge < -0.3 is 10.6 Å². The van der Waals surface area contributed by atoms with Crippen molar-refractivity contribution in [2.75, 3.05) is 18.5 Å². The van der Waals surface area contributed by atoms with Crippen molar-refractivity contribution in [3.63, 3.8) is 0 Å². The lowest BCUT2D eigenvalue weighted by Crippen LogP contribution is -2.33. The van der Waals surface area contributed by atoms with Crippen molar-refractivity contribution in [2.45, 2.75) is 13.0 Å². The van der Waals surface area contributed by atoms with Gasteiger partial charge >= 0.3 is 0 Å². The average molecular weight is 219 g/mol. The summed E-state index contributed by atoms with van der Waals surface area (Å²) in [6.45, 7) is 2.77. The number of fused-ring (bicyclic) bond motifs is 1. The Morgan fingerprint density at radius 2 is 2.25 bits per heavy atom. The molecule has 0 amide bonds. The van der Waals surface area contributed by atoms with Gasteiger partial charge in [-0.15, -0.1) is 0 Å². The highest BCUT2D eigenvalue weighted by molar-refractivity contribution is 5.80. The minimum atomic E-state index is 0.133. The molecule has 2 rings (SSSR count). The number of aryl methyl sites for hydroxylation is 1. The van der Waals surface area contributed by atoms with Crippen LogP contribution in [0.3, 0.4) is 0 Å². The molecule has 0 aliphatic carbocycles. The van der Waals surface area contributed by atoms with E-state index in [0.717, 1.165) is 23.3 Å². The van der Waals surface area contributed by atoms with Crippen molar-refractivity contribution in [1.82, 2.24) is 14.8 Å². The first kappa shape index (κ1) is 10.9. The topological polar surface area (TPSA) is 60.0 Å². The Balaban J connectivity index is 2.34. The molecule has 0 spiro atoms. The molecule has 0 radical (unpaired) electrons. The van der Waals surface area contributed by atoms with Crippen molar-refractivity contribution >= 4 is 16.7 Å². The summed E-state index contributed by atoms with van der Waals surface area (Å²) in [7, 11) is 3.92. The van der Waals surface area contributed by atoms with E-state index in [1.54, 1.807) is 0 Å². The van der Waals surface area contributed by atoms with Crippen LogP contribution in [0, 0.1) is 0 Å². The molecule has 0 fully saturated rings. The first-order valence-corrected chi connectivity index (χ1v) is 5.32. The molecule has 0 aromatic carbocycles. The number of hydrogen-bond acceptors (Lipinski definition) is 4. The normalized spacial score (nSPS) is 13.0. The fourth-order valence-electron chi connectivity index (χ4n) is 1.77. The highest BCUT2D eigenvalue weighted by Gasteiger charge is 2.07. The van der Waals surface area contributed by atoms with Crippen LogP contribution in [0.4, 0.5) is 5.82 Å². The van der Waals surface area contributed by atoms with Crippen molar-refractivity contribution in [1.29, 1.82) is 0 Å².